The highest BCUT2D eigenvalue weighted by molar-refractivity contribution is 7.20. The second-order valence-corrected chi connectivity index (χ2v) is 7.52. The third-order valence-electron chi connectivity index (χ3n) is 4.57. The zero-order valence-corrected chi connectivity index (χ0v) is 14.1. The number of hydrogen-bond acceptors (Lipinski definition) is 5. The monoisotopic (exact) mass is 333 g/mol. The third kappa shape index (κ3) is 2.63. The molecule has 6 nitrogen and oxygen atoms in total. The van der Waals surface area contributed by atoms with Gasteiger partial charge in [0.15, 0.2) is 0 Å². The molecule has 2 aliphatic rings. The van der Waals surface area contributed by atoms with Crippen LogP contribution in [0, 0.1) is 12.8 Å². The van der Waals surface area contributed by atoms with Crippen molar-refractivity contribution in [1.82, 2.24) is 14.7 Å². The summed E-state index contributed by atoms with van der Waals surface area (Å²) in [5, 5.41) is 5.33. The summed E-state index contributed by atoms with van der Waals surface area (Å²) < 4.78 is 7.24. The summed E-state index contributed by atoms with van der Waals surface area (Å²) in [6.07, 6.45) is 2.74. The first-order valence-electron chi connectivity index (χ1n) is 7.92. The molecule has 1 aliphatic carbocycles. The fourth-order valence-electron chi connectivity index (χ4n) is 3.23. The largest absolute Gasteiger partial charge is 0.461 e. The van der Waals surface area contributed by atoms with Crippen molar-refractivity contribution in [3.63, 3.8) is 0 Å². The van der Waals surface area contributed by atoms with Crippen LogP contribution in [0.4, 0.5) is 0 Å². The Morgan fingerprint density at radius 2 is 2.26 bits per heavy atom. The molecule has 0 aromatic carbocycles. The molecule has 0 radical (unpaired) electrons. The van der Waals surface area contributed by atoms with Gasteiger partial charge in [-0.1, -0.05) is 0 Å². The number of ether oxygens (including phenoxy) is 1. The van der Waals surface area contributed by atoms with Gasteiger partial charge < -0.3 is 9.64 Å². The molecular weight excluding hydrogens is 314 g/mol. The van der Waals surface area contributed by atoms with E-state index < -0.39 is 0 Å². The third-order valence-corrected chi connectivity index (χ3v) is 5.76. The van der Waals surface area contributed by atoms with Crippen LogP contribution in [0.2, 0.25) is 0 Å². The molecule has 1 atom stereocenters. The molecule has 0 bridgehead atoms. The SMILES string of the molecule is Cc1nn(C)c2sc(C(=O)OCC3CC(=O)N(C4CC4)C3)cc12. The minimum absolute atomic E-state index is 0.129. The van der Waals surface area contributed by atoms with E-state index >= 15 is 0 Å². The van der Waals surface area contributed by atoms with Crippen molar-refractivity contribution >= 4 is 33.4 Å². The summed E-state index contributed by atoms with van der Waals surface area (Å²) in [7, 11) is 1.87. The van der Waals surface area contributed by atoms with Crippen molar-refractivity contribution in [2.24, 2.45) is 13.0 Å². The van der Waals surface area contributed by atoms with Crippen LogP contribution in [-0.2, 0) is 16.6 Å². The normalized spacial score (nSPS) is 21.4. The van der Waals surface area contributed by atoms with Crippen molar-refractivity contribution in [2.75, 3.05) is 13.2 Å². The number of carbonyl (C=O) groups excluding carboxylic acids is 2. The average molecular weight is 333 g/mol. The van der Waals surface area contributed by atoms with Gasteiger partial charge in [0.1, 0.15) is 9.71 Å². The van der Waals surface area contributed by atoms with Crippen molar-refractivity contribution in [3.05, 3.63) is 16.6 Å². The number of rotatable bonds is 4. The van der Waals surface area contributed by atoms with E-state index in [0.29, 0.717) is 23.9 Å². The first-order valence-corrected chi connectivity index (χ1v) is 8.74. The number of aromatic nitrogens is 2. The van der Waals surface area contributed by atoms with Crippen molar-refractivity contribution in [2.45, 2.75) is 32.2 Å². The lowest BCUT2D eigenvalue weighted by Crippen LogP contribution is -2.27. The Balaban J connectivity index is 1.39. The summed E-state index contributed by atoms with van der Waals surface area (Å²) in [4.78, 5) is 27.7. The minimum Gasteiger partial charge on any atom is -0.461 e. The van der Waals surface area contributed by atoms with Crippen molar-refractivity contribution in [1.29, 1.82) is 0 Å². The molecule has 1 saturated carbocycles. The molecule has 1 amide bonds. The molecule has 1 aliphatic heterocycles. The van der Waals surface area contributed by atoms with Crippen LogP contribution in [0.1, 0.15) is 34.6 Å². The maximum absolute atomic E-state index is 12.3. The Labute approximate surface area is 138 Å². The van der Waals surface area contributed by atoms with Crippen LogP contribution >= 0.6 is 11.3 Å². The van der Waals surface area contributed by atoms with Gasteiger partial charge in [0.2, 0.25) is 5.91 Å². The van der Waals surface area contributed by atoms with E-state index in [0.717, 1.165) is 35.3 Å². The number of fused-ring (bicyclic) bond motifs is 1. The number of carbonyl (C=O) groups is 2. The Hall–Kier alpha value is -1.89. The van der Waals surface area contributed by atoms with Crippen LogP contribution < -0.4 is 0 Å². The molecular formula is C16H19N3O3S. The highest BCUT2D eigenvalue weighted by Crippen LogP contribution is 2.33. The number of likely N-dealkylation sites (tertiary alicyclic amines) is 1. The predicted octanol–water partition coefficient (Wildman–Crippen LogP) is 2.11. The molecule has 3 heterocycles. The highest BCUT2D eigenvalue weighted by atomic mass is 32.1. The molecule has 1 unspecified atom stereocenters. The highest BCUT2D eigenvalue weighted by Gasteiger charge is 2.39. The lowest BCUT2D eigenvalue weighted by molar-refractivity contribution is -0.128. The van der Waals surface area contributed by atoms with E-state index in [4.69, 9.17) is 4.74 Å². The molecule has 2 aromatic rings. The van der Waals surface area contributed by atoms with Gasteiger partial charge in [-0.15, -0.1) is 11.3 Å². The van der Waals surface area contributed by atoms with Gasteiger partial charge in [0.25, 0.3) is 0 Å². The predicted molar refractivity (Wildman–Crippen MR) is 86.5 cm³/mol. The first kappa shape index (κ1) is 14.7. The second kappa shape index (κ2) is 5.33. The fraction of sp³-hybridized carbons (Fsp3) is 0.562. The summed E-state index contributed by atoms with van der Waals surface area (Å²) >= 11 is 1.40. The standard InChI is InChI=1S/C16H19N3O3S/c1-9-12-6-13(23-15(12)18(2)17-9)16(21)22-8-10-5-14(20)19(7-10)11-3-4-11/h6,10-11H,3-5,7-8H2,1-2H3. The van der Waals surface area contributed by atoms with Gasteiger partial charge in [-0.05, 0) is 25.8 Å². The van der Waals surface area contributed by atoms with Gasteiger partial charge in [-0.25, -0.2) is 4.79 Å². The van der Waals surface area contributed by atoms with Crippen molar-refractivity contribution < 1.29 is 14.3 Å². The van der Waals surface area contributed by atoms with E-state index in [1.54, 1.807) is 4.68 Å². The maximum atomic E-state index is 12.3. The Morgan fingerprint density at radius 3 is 2.96 bits per heavy atom. The molecule has 2 aromatic heterocycles. The van der Waals surface area contributed by atoms with Crippen LogP contribution in [0.5, 0.6) is 0 Å². The van der Waals surface area contributed by atoms with E-state index in [-0.39, 0.29) is 17.8 Å². The van der Waals surface area contributed by atoms with E-state index in [2.05, 4.69) is 5.10 Å². The number of esters is 1. The number of nitrogens with zero attached hydrogens (tertiary/aromatic N) is 3. The van der Waals surface area contributed by atoms with Gasteiger partial charge in [-0.3, -0.25) is 9.48 Å². The maximum Gasteiger partial charge on any atom is 0.348 e. The zero-order valence-electron chi connectivity index (χ0n) is 13.2. The Morgan fingerprint density at radius 1 is 1.48 bits per heavy atom. The number of aryl methyl sites for hydroxylation is 2. The minimum atomic E-state index is -0.303. The summed E-state index contributed by atoms with van der Waals surface area (Å²) in [5.74, 6) is 0.0323. The summed E-state index contributed by atoms with van der Waals surface area (Å²) in [5.41, 5.74) is 0.916. The quantitative estimate of drug-likeness (QED) is 0.804. The van der Waals surface area contributed by atoms with E-state index in [9.17, 15) is 9.59 Å². The van der Waals surface area contributed by atoms with Gasteiger partial charge in [0, 0.05) is 37.4 Å². The molecule has 0 N–H and O–H groups in total. The number of hydrogen-bond donors (Lipinski definition) is 0. The lowest BCUT2D eigenvalue weighted by atomic mass is 10.1. The topological polar surface area (TPSA) is 64.4 Å². The Kier molecular flexibility index (Phi) is 3.41. The van der Waals surface area contributed by atoms with E-state index in [1.165, 1.54) is 11.3 Å². The molecule has 2 fully saturated rings. The van der Waals surface area contributed by atoms with Crippen LogP contribution in [-0.4, -0.2) is 45.8 Å². The Bertz CT molecular complexity index is 755. The second-order valence-electron chi connectivity index (χ2n) is 6.48. The molecule has 4 rings (SSSR count). The molecule has 7 heteroatoms. The number of amides is 1. The lowest BCUT2D eigenvalue weighted by Gasteiger charge is -2.15. The zero-order chi connectivity index (χ0) is 16.1. The van der Waals surface area contributed by atoms with Crippen molar-refractivity contribution in [3.8, 4) is 0 Å². The fourth-order valence-corrected chi connectivity index (χ4v) is 4.25. The molecule has 122 valence electrons. The van der Waals surface area contributed by atoms with Gasteiger partial charge in [-0.2, -0.15) is 5.10 Å². The van der Waals surface area contributed by atoms with E-state index in [1.807, 2.05) is 24.9 Å². The molecule has 1 saturated heterocycles. The van der Waals surface area contributed by atoms with Gasteiger partial charge >= 0.3 is 5.97 Å². The van der Waals surface area contributed by atoms with Crippen LogP contribution in [0.15, 0.2) is 6.07 Å². The smallest absolute Gasteiger partial charge is 0.348 e. The van der Waals surface area contributed by atoms with Gasteiger partial charge in [0.05, 0.1) is 12.3 Å². The average Bonchev–Trinajstić information content (AvgIpc) is 3.03. The summed E-state index contributed by atoms with van der Waals surface area (Å²) in [6.45, 7) is 2.98. The number of thiophene rings is 1. The van der Waals surface area contributed by atoms with Crippen LogP contribution in [0.3, 0.4) is 0 Å². The van der Waals surface area contributed by atoms with Crippen LogP contribution in [0.25, 0.3) is 10.2 Å². The summed E-state index contributed by atoms with van der Waals surface area (Å²) in [6, 6.07) is 2.29. The first-order chi connectivity index (χ1) is 11.0. The molecule has 0 spiro atoms. The molecule has 23 heavy (non-hydrogen) atoms.